The Morgan fingerprint density at radius 1 is 0.594 bits per heavy atom. The van der Waals surface area contributed by atoms with E-state index in [1.807, 2.05) is 97.0 Å². The number of rotatable bonds is 7. The minimum atomic E-state index is -0.551. The molecule has 0 aliphatic heterocycles. The van der Waals surface area contributed by atoms with Crippen LogP contribution in [0.5, 0.6) is 11.5 Å². The number of para-hydroxylation sites is 2. The maximum absolute atomic E-state index is 9.29. The van der Waals surface area contributed by atoms with Gasteiger partial charge >= 0.3 is 0 Å². The third-order valence-corrected chi connectivity index (χ3v) is 16.2. The zero-order chi connectivity index (χ0) is 57.1. The van der Waals surface area contributed by atoms with Crippen molar-refractivity contribution in [1.29, 1.82) is 0 Å². The molecule has 0 spiro atoms. The van der Waals surface area contributed by atoms with Gasteiger partial charge in [0.15, 0.2) is 11.0 Å². The molecule has 0 bridgehead atoms. The maximum Gasteiger partial charge on any atom is 0.255 e. The second-order valence-electron chi connectivity index (χ2n) is 21.4. The number of pyridine rings is 1. The molecular formula is C64H63N4O+. The molecule has 0 fully saturated rings. The molecule has 5 heteroatoms. The quantitative estimate of drug-likeness (QED) is 0.149. The number of aromatic nitrogens is 4. The highest BCUT2D eigenvalue weighted by Crippen LogP contribution is 2.62. The lowest BCUT2D eigenvalue weighted by Gasteiger charge is -2.44. The number of hydrogen-bond acceptors (Lipinski definition) is 2. The molecule has 10 aromatic rings. The van der Waals surface area contributed by atoms with Crippen molar-refractivity contribution in [1.82, 2.24) is 14.1 Å². The van der Waals surface area contributed by atoms with Crippen molar-refractivity contribution in [3.8, 4) is 50.9 Å². The summed E-state index contributed by atoms with van der Waals surface area (Å²) in [4.78, 5) is 5.02. The van der Waals surface area contributed by atoms with Crippen molar-refractivity contribution in [2.45, 2.75) is 99.3 Å². The molecule has 3 heterocycles. The van der Waals surface area contributed by atoms with Crippen molar-refractivity contribution >= 4 is 32.8 Å². The van der Waals surface area contributed by atoms with E-state index in [0.717, 1.165) is 27.6 Å². The molecule has 5 nitrogen and oxygen atoms in total. The van der Waals surface area contributed by atoms with E-state index in [-0.39, 0.29) is 49.6 Å². The molecule has 0 atom stereocenters. The van der Waals surface area contributed by atoms with Crippen LogP contribution in [0.1, 0.15) is 109 Å². The first-order chi connectivity index (χ1) is 37.0. The number of hydrogen-bond donors (Lipinski definition) is 0. The van der Waals surface area contributed by atoms with E-state index in [9.17, 15) is 5.48 Å². The first kappa shape index (κ1) is 34.1. The van der Waals surface area contributed by atoms with Crippen molar-refractivity contribution in [2.24, 2.45) is 5.41 Å². The molecule has 0 unspecified atom stereocenters. The first-order valence-corrected chi connectivity index (χ1v) is 23.7. The van der Waals surface area contributed by atoms with E-state index in [4.69, 9.17) is 17.9 Å². The van der Waals surface area contributed by atoms with Crippen molar-refractivity contribution in [3.63, 3.8) is 0 Å². The molecule has 1 aliphatic rings. The summed E-state index contributed by atoms with van der Waals surface area (Å²) in [5.74, 6) is 1.97. The normalized spacial score (nSPS) is 17.0. The summed E-state index contributed by atoms with van der Waals surface area (Å²) in [6.45, 7) is 26.3. The van der Waals surface area contributed by atoms with Gasteiger partial charge in [-0.3, -0.25) is 4.57 Å². The lowest BCUT2D eigenvalue weighted by Crippen LogP contribution is -2.42. The molecule has 0 saturated carbocycles. The predicted octanol–water partition coefficient (Wildman–Crippen LogP) is 16.3. The van der Waals surface area contributed by atoms with Crippen LogP contribution < -0.4 is 9.30 Å². The van der Waals surface area contributed by atoms with E-state index in [1.54, 1.807) is 0 Å². The minimum absolute atomic E-state index is 0.0259. The Bertz CT molecular complexity index is 4140. The predicted molar refractivity (Wildman–Crippen MR) is 287 cm³/mol. The third kappa shape index (κ3) is 6.71. The van der Waals surface area contributed by atoms with Gasteiger partial charge in [0.2, 0.25) is 0 Å². The molecule has 69 heavy (non-hydrogen) atoms. The fourth-order valence-electron chi connectivity index (χ4n) is 10.9. The van der Waals surface area contributed by atoms with Crippen LogP contribution in [0.2, 0.25) is 0 Å². The van der Waals surface area contributed by atoms with Crippen LogP contribution >= 0.6 is 0 Å². The van der Waals surface area contributed by atoms with Crippen LogP contribution in [0.15, 0.2) is 164 Å². The maximum atomic E-state index is 9.29. The van der Waals surface area contributed by atoms with Gasteiger partial charge in [-0.2, -0.15) is 9.13 Å². The highest BCUT2D eigenvalue weighted by Gasteiger charge is 2.57. The molecule has 11 rings (SSSR count). The highest BCUT2D eigenvalue weighted by atomic mass is 16.5. The Morgan fingerprint density at radius 3 is 1.86 bits per heavy atom. The third-order valence-electron chi connectivity index (χ3n) is 16.2. The van der Waals surface area contributed by atoms with Crippen molar-refractivity contribution in [2.75, 3.05) is 0 Å². The fourth-order valence-corrected chi connectivity index (χ4v) is 10.9. The molecule has 0 saturated heterocycles. The molecule has 0 N–H and O–H groups in total. The number of fused-ring (bicyclic) bond motifs is 5. The second kappa shape index (κ2) is 15.6. The largest absolute Gasteiger partial charge is 0.457 e. The van der Waals surface area contributed by atoms with E-state index in [2.05, 4.69) is 103 Å². The Balaban J connectivity index is 1.12. The van der Waals surface area contributed by atoms with Gasteiger partial charge in [0, 0.05) is 40.2 Å². The monoisotopic (exact) mass is 914 g/mol. The van der Waals surface area contributed by atoms with Gasteiger partial charge in [-0.25, -0.2) is 4.98 Å². The lowest BCUT2D eigenvalue weighted by molar-refractivity contribution is -0.566. The summed E-state index contributed by atoms with van der Waals surface area (Å²) < 4.78 is 102. The van der Waals surface area contributed by atoms with E-state index < -0.39 is 60.4 Å². The van der Waals surface area contributed by atoms with Crippen LogP contribution in [0.4, 0.5) is 0 Å². The van der Waals surface area contributed by atoms with Crippen LogP contribution in [-0.2, 0) is 16.2 Å². The zero-order valence-electron chi connectivity index (χ0n) is 51.5. The van der Waals surface area contributed by atoms with Crippen LogP contribution in [-0.4, -0.2) is 14.1 Å². The standard InChI is InChI=1S/C64H63N4O/c1-40-41(2)58(43-22-15-13-16-23-43)60(59(42(40)3)44-24-17-14-18-25-44)67-39-66(53-28-19-20-29-54(53)67)46-26-21-27-47(35-46)69-48-30-31-49-50-37-51-52(63(9,10)64(11,12)62(51,7)8)38-56(50)68(55(49)36-48)57-34-45(32-33-65-57)61(4,5)6/h13-39H,1-12H3/q+1/i13D,14D,15D,16D,17D,18D,22D,23D,24D,25D. The van der Waals surface area contributed by atoms with Gasteiger partial charge in [-0.15, -0.1) is 0 Å². The Kier molecular flexibility index (Phi) is 7.73. The van der Waals surface area contributed by atoms with Gasteiger partial charge in [-0.1, -0.05) is 141 Å². The molecule has 0 radical (unpaired) electrons. The SMILES string of the molecule is [2H]c1c([2H])c([2H])c(-c2c(C)c(C)c(C)c(-c3c([2H])c([2H])c([2H])c([2H])c3[2H])c2-[n+]2cn(-c3cccc(Oc4ccc5c6cc7c(cc6n(-c6cc(C(C)(C)C)ccn6)c5c4)C(C)(C)C(C)(C)C7(C)C)c3)c3ccccc32)c([2H])c1[2H]. The van der Waals surface area contributed by atoms with Crippen molar-refractivity contribution in [3.05, 3.63) is 197 Å². The zero-order valence-corrected chi connectivity index (χ0v) is 41.5. The summed E-state index contributed by atoms with van der Waals surface area (Å²) >= 11 is 0. The van der Waals surface area contributed by atoms with Gasteiger partial charge in [0.05, 0.1) is 24.7 Å². The van der Waals surface area contributed by atoms with E-state index in [1.165, 1.54) is 16.7 Å². The van der Waals surface area contributed by atoms with Gasteiger partial charge in [0.25, 0.3) is 6.33 Å². The van der Waals surface area contributed by atoms with Crippen molar-refractivity contribution < 1.29 is 23.0 Å². The summed E-state index contributed by atoms with van der Waals surface area (Å²) in [7, 11) is 0. The van der Waals surface area contributed by atoms with E-state index >= 15 is 0 Å². The molecule has 3 aromatic heterocycles. The number of imidazole rings is 1. The van der Waals surface area contributed by atoms with Gasteiger partial charge < -0.3 is 4.74 Å². The van der Waals surface area contributed by atoms with Crippen LogP contribution in [0.25, 0.3) is 72.3 Å². The fraction of sp³-hybridized carbons (Fsp3) is 0.250. The number of nitrogens with zero attached hydrogens (tertiary/aromatic N) is 4. The van der Waals surface area contributed by atoms with E-state index in [0.29, 0.717) is 44.9 Å². The topological polar surface area (TPSA) is 35.9 Å². The molecule has 0 amide bonds. The van der Waals surface area contributed by atoms with Gasteiger partial charge in [-0.05, 0) is 148 Å². The smallest absolute Gasteiger partial charge is 0.255 e. The summed E-state index contributed by atoms with van der Waals surface area (Å²) in [6.07, 6.45) is 3.72. The number of benzene rings is 7. The molecular weight excluding hydrogens is 841 g/mol. The van der Waals surface area contributed by atoms with Crippen LogP contribution in [0, 0.1) is 26.2 Å². The molecule has 1 aliphatic carbocycles. The molecule has 7 aromatic carbocycles. The second-order valence-corrected chi connectivity index (χ2v) is 21.4. The minimum Gasteiger partial charge on any atom is -0.457 e. The highest BCUT2D eigenvalue weighted by molar-refractivity contribution is 6.10. The number of ether oxygens (including phenoxy) is 1. The molecule has 344 valence electrons. The Morgan fingerprint density at radius 2 is 1.20 bits per heavy atom. The Hall–Kier alpha value is -7.24. The summed E-state index contributed by atoms with van der Waals surface area (Å²) in [5, 5.41) is 2.22. The van der Waals surface area contributed by atoms with Gasteiger partial charge in [0.1, 0.15) is 28.7 Å². The lowest BCUT2D eigenvalue weighted by atomic mass is 9.59. The summed E-state index contributed by atoms with van der Waals surface area (Å²) in [5.41, 5.74) is 10.1. The summed E-state index contributed by atoms with van der Waals surface area (Å²) in [6, 6.07) is 25.6. The first-order valence-electron chi connectivity index (χ1n) is 28.7. The van der Waals surface area contributed by atoms with Crippen LogP contribution in [0.3, 0.4) is 0 Å². The average Bonchev–Trinajstić information content (AvgIpc) is 2.62. The average molecular weight is 914 g/mol. The Labute approximate surface area is 421 Å².